The van der Waals surface area contributed by atoms with Gasteiger partial charge in [0.1, 0.15) is 0 Å². The summed E-state index contributed by atoms with van der Waals surface area (Å²) in [6.07, 6.45) is 0. The first-order valence-corrected chi connectivity index (χ1v) is 11.4. The van der Waals surface area contributed by atoms with Gasteiger partial charge in [0.25, 0.3) is 0 Å². The Morgan fingerprint density at radius 1 is 0.692 bits per heavy atom. The van der Waals surface area contributed by atoms with Gasteiger partial charge in [0, 0.05) is 11.4 Å². The monoisotopic (exact) mass is 357 g/mol. The van der Waals surface area contributed by atoms with E-state index in [1.807, 2.05) is 0 Å². The van der Waals surface area contributed by atoms with Crippen molar-refractivity contribution in [1.29, 1.82) is 0 Å². The maximum atomic E-state index is 3.71. The van der Waals surface area contributed by atoms with E-state index in [1.54, 1.807) is 0 Å². The molecule has 3 aromatic rings. The molecule has 0 bridgehead atoms. The van der Waals surface area contributed by atoms with Crippen LogP contribution in [0, 0.1) is 13.8 Å². The second kappa shape index (κ2) is 5.85. The highest BCUT2D eigenvalue weighted by Crippen LogP contribution is 2.41. The van der Waals surface area contributed by atoms with Gasteiger partial charge in [-0.3, -0.25) is 0 Å². The van der Waals surface area contributed by atoms with E-state index < -0.39 is 8.07 Å². The minimum Gasteiger partial charge on any atom is -0.356 e. The van der Waals surface area contributed by atoms with Crippen molar-refractivity contribution in [3.63, 3.8) is 0 Å². The number of benzene rings is 3. The van der Waals surface area contributed by atoms with Gasteiger partial charge in [-0.15, -0.1) is 0 Å². The van der Waals surface area contributed by atoms with Crippen LogP contribution in [0.2, 0.25) is 5.04 Å². The summed E-state index contributed by atoms with van der Waals surface area (Å²) in [4.78, 5) is 0. The molecule has 1 heterocycles. The summed E-state index contributed by atoms with van der Waals surface area (Å²) in [5.41, 5.74) is 5.21. The van der Waals surface area contributed by atoms with Gasteiger partial charge in [-0.25, -0.2) is 0 Å². The lowest BCUT2D eigenvalue weighted by atomic mass is 10.2. The van der Waals surface area contributed by atoms with Crippen LogP contribution in [-0.4, -0.2) is 8.07 Å². The van der Waals surface area contributed by atoms with Crippen molar-refractivity contribution in [2.24, 2.45) is 0 Å². The fraction of sp³-hybridized carbons (Fsp3) is 0.250. The first kappa shape index (κ1) is 17.1. The summed E-state index contributed by atoms with van der Waals surface area (Å²) in [5, 5.41) is 8.36. The summed E-state index contributed by atoms with van der Waals surface area (Å²) < 4.78 is 0. The largest absolute Gasteiger partial charge is 0.356 e. The quantitative estimate of drug-likeness (QED) is 0.626. The van der Waals surface area contributed by atoms with Crippen molar-refractivity contribution in [2.45, 2.75) is 39.7 Å². The number of aryl methyl sites for hydroxylation is 2. The number of para-hydroxylation sites is 1. The Hall–Kier alpha value is -2.32. The van der Waals surface area contributed by atoms with Gasteiger partial charge in [0.05, 0.1) is 0 Å². The minimum absolute atomic E-state index is 0.140. The molecule has 1 aliphatic rings. The van der Waals surface area contributed by atoms with Gasteiger partial charge in [0.15, 0.2) is 8.07 Å². The number of hydrogen-bond acceptors (Lipinski definition) is 1. The Balaban J connectivity index is 2.19. The lowest BCUT2D eigenvalue weighted by Gasteiger charge is -2.48. The predicted octanol–water partition coefficient (Wildman–Crippen LogP) is 4.63. The average molecular weight is 358 g/mol. The van der Waals surface area contributed by atoms with Crippen molar-refractivity contribution in [1.82, 2.24) is 0 Å². The van der Waals surface area contributed by atoms with Crippen LogP contribution in [0.3, 0.4) is 0 Å². The maximum absolute atomic E-state index is 3.71. The van der Waals surface area contributed by atoms with E-state index in [2.05, 4.69) is 107 Å². The topological polar surface area (TPSA) is 12.0 Å². The summed E-state index contributed by atoms with van der Waals surface area (Å²) in [7, 11) is -2.23. The normalized spacial score (nSPS) is 18.7. The highest BCUT2D eigenvalue weighted by Gasteiger charge is 2.53. The standard InChI is InChI=1S/C24H27NSi/c1-17-9-8-10-19(15-17)26(24(3,4)5)22-12-7-6-11-20(22)25-21-14-13-18(2)16-23(21)26/h6-16,25H,1-5H3. The fourth-order valence-corrected chi connectivity index (χ4v) is 10.8. The fourth-order valence-electron chi connectivity index (χ4n) is 4.72. The molecule has 1 N–H and O–H groups in total. The zero-order valence-electron chi connectivity index (χ0n) is 16.4. The molecule has 0 radical (unpaired) electrons. The average Bonchev–Trinajstić information content (AvgIpc) is 2.58. The lowest BCUT2D eigenvalue weighted by Crippen LogP contribution is -2.74. The van der Waals surface area contributed by atoms with Crippen LogP contribution < -0.4 is 20.9 Å². The molecule has 0 saturated carbocycles. The number of anilines is 2. The van der Waals surface area contributed by atoms with E-state index in [9.17, 15) is 0 Å². The minimum atomic E-state index is -2.23. The molecule has 26 heavy (non-hydrogen) atoms. The summed E-state index contributed by atoms with van der Waals surface area (Å²) in [6.45, 7) is 11.7. The molecule has 1 unspecified atom stereocenters. The molecule has 0 aliphatic carbocycles. The number of rotatable bonds is 1. The van der Waals surface area contributed by atoms with Gasteiger partial charge in [0.2, 0.25) is 0 Å². The molecule has 4 rings (SSSR count). The molecule has 0 spiro atoms. The van der Waals surface area contributed by atoms with Crippen LogP contribution in [-0.2, 0) is 0 Å². The smallest absolute Gasteiger partial charge is 0.158 e. The molecule has 0 amide bonds. The Labute approximate surface area is 158 Å². The SMILES string of the molecule is Cc1cccc([Si]2(C(C)(C)C)c3ccccc3Nc3ccc(C)cc32)c1. The number of nitrogens with one attached hydrogen (secondary N) is 1. The molecular formula is C24H27NSi. The molecule has 132 valence electrons. The van der Waals surface area contributed by atoms with Crippen LogP contribution in [0.25, 0.3) is 0 Å². The van der Waals surface area contributed by atoms with Gasteiger partial charge in [-0.1, -0.05) is 86.5 Å². The molecule has 0 saturated heterocycles. The second-order valence-electron chi connectivity index (χ2n) is 8.59. The van der Waals surface area contributed by atoms with Gasteiger partial charge >= 0.3 is 0 Å². The molecule has 3 aromatic carbocycles. The van der Waals surface area contributed by atoms with Crippen molar-refractivity contribution in [3.8, 4) is 0 Å². The zero-order valence-corrected chi connectivity index (χ0v) is 17.4. The third-order valence-electron chi connectivity index (χ3n) is 5.76. The van der Waals surface area contributed by atoms with Gasteiger partial charge in [-0.05, 0) is 46.6 Å². The summed E-state index contributed by atoms with van der Waals surface area (Å²) in [6, 6.07) is 25.1. The van der Waals surface area contributed by atoms with Crippen LogP contribution in [0.1, 0.15) is 31.9 Å². The molecule has 1 aliphatic heterocycles. The molecule has 1 atom stereocenters. The van der Waals surface area contributed by atoms with E-state index in [-0.39, 0.29) is 5.04 Å². The van der Waals surface area contributed by atoms with E-state index in [0.29, 0.717) is 0 Å². The highest BCUT2D eigenvalue weighted by molar-refractivity contribution is 7.15. The molecule has 2 heteroatoms. The van der Waals surface area contributed by atoms with E-state index >= 15 is 0 Å². The van der Waals surface area contributed by atoms with E-state index in [4.69, 9.17) is 0 Å². The molecular weight excluding hydrogens is 330 g/mol. The summed E-state index contributed by atoms with van der Waals surface area (Å²) >= 11 is 0. The van der Waals surface area contributed by atoms with Crippen molar-refractivity contribution in [3.05, 3.63) is 77.9 Å². The first-order chi connectivity index (χ1) is 12.3. The predicted molar refractivity (Wildman–Crippen MR) is 116 cm³/mol. The molecule has 0 aromatic heterocycles. The van der Waals surface area contributed by atoms with Crippen LogP contribution >= 0.6 is 0 Å². The maximum Gasteiger partial charge on any atom is 0.158 e. The molecule has 0 fully saturated rings. The van der Waals surface area contributed by atoms with Crippen molar-refractivity contribution >= 4 is 35.0 Å². The van der Waals surface area contributed by atoms with Gasteiger partial charge in [-0.2, -0.15) is 0 Å². The van der Waals surface area contributed by atoms with Crippen LogP contribution in [0.4, 0.5) is 11.4 Å². The Kier molecular flexibility index (Phi) is 3.85. The zero-order chi connectivity index (χ0) is 18.5. The van der Waals surface area contributed by atoms with E-state index in [0.717, 1.165) is 0 Å². The van der Waals surface area contributed by atoms with Gasteiger partial charge < -0.3 is 5.32 Å². The third-order valence-corrected chi connectivity index (χ3v) is 11.6. The van der Waals surface area contributed by atoms with E-state index in [1.165, 1.54) is 38.1 Å². The Bertz CT molecular complexity index is 983. The number of hydrogen-bond donors (Lipinski definition) is 1. The van der Waals surface area contributed by atoms with Crippen LogP contribution in [0.5, 0.6) is 0 Å². The van der Waals surface area contributed by atoms with Crippen molar-refractivity contribution < 1.29 is 0 Å². The first-order valence-electron chi connectivity index (χ1n) is 9.39. The Morgan fingerprint density at radius 2 is 1.38 bits per heavy atom. The number of fused-ring (bicyclic) bond motifs is 2. The second-order valence-corrected chi connectivity index (χ2v) is 13.2. The lowest BCUT2D eigenvalue weighted by molar-refractivity contribution is 0.739. The van der Waals surface area contributed by atoms with Crippen molar-refractivity contribution in [2.75, 3.05) is 5.32 Å². The van der Waals surface area contributed by atoms with Crippen LogP contribution in [0.15, 0.2) is 66.7 Å². The summed E-state index contributed by atoms with van der Waals surface area (Å²) in [5.74, 6) is 0. The Morgan fingerprint density at radius 3 is 2.12 bits per heavy atom. The molecule has 1 nitrogen and oxygen atoms in total. The highest BCUT2D eigenvalue weighted by atomic mass is 28.3. The third kappa shape index (κ3) is 2.36.